The minimum Gasteiger partial charge on any atom is -0.375 e. The topological polar surface area (TPSA) is 58.6 Å². The Morgan fingerprint density at radius 2 is 1.87 bits per heavy atom. The second-order valence-electron chi connectivity index (χ2n) is 8.59. The summed E-state index contributed by atoms with van der Waals surface area (Å²) in [5.41, 5.74) is 4.77. The van der Waals surface area contributed by atoms with Crippen LogP contribution in [0.15, 0.2) is 24.3 Å². The maximum absolute atomic E-state index is 12.2. The van der Waals surface area contributed by atoms with Crippen molar-refractivity contribution in [1.29, 1.82) is 0 Å². The zero-order valence-electron chi connectivity index (χ0n) is 18.9. The summed E-state index contributed by atoms with van der Waals surface area (Å²) in [7, 11) is 1.56. The number of nitrogens with zero attached hydrogens (tertiary/aromatic N) is 4. The molecule has 2 aromatic rings. The lowest BCUT2D eigenvalue weighted by atomic mass is 10.0. The Bertz CT molecular complexity index is 874. The second-order valence-corrected chi connectivity index (χ2v) is 8.59. The van der Waals surface area contributed by atoms with E-state index in [0.717, 1.165) is 43.3 Å². The van der Waals surface area contributed by atoms with E-state index in [9.17, 15) is 4.79 Å². The molecular formula is C24H34N4O2. The average Bonchev–Trinajstić information content (AvgIpc) is 2.70. The van der Waals surface area contributed by atoms with Crippen LogP contribution in [-0.4, -0.2) is 60.7 Å². The van der Waals surface area contributed by atoms with E-state index >= 15 is 0 Å². The number of carbonyl (C=O) groups excluding carboxylic acids is 1. The summed E-state index contributed by atoms with van der Waals surface area (Å²) in [5.74, 6) is 2.49. The molecule has 0 radical (unpaired) electrons. The molecule has 1 aliphatic heterocycles. The van der Waals surface area contributed by atoms with Crippen LogP contribution in [0.2, 0.25) is 0 Å². The van der Waals surface area contributed by atoms with Crippen LogP contribution < -0.4 is 4.90 Å². The number of rotatable bonds is 7. The van der Waals surface area contributed by atoms with E-state index in [1.807, 2.05) is 4.90 Å². The van der Waals surface area contributed by atoms with Gasteiger partial charge in [0, 0.05) is 57.4 Å². The summed E-state index contributed by atoms with van der Waals surface area (Å²) < 4.78 is 5.01. The first-order valence-electron chi connectivity index (χ1n) is 10.8. The van der Waals surface area contributed by atoms with Gasteiger partial charge in [-0.2, -0.15) is 0 Å². The number of hydrogen-bond donors (Lipinski definition) is 0. The molecule has 0 bridgehead atoms. The quantitative estimate of drug-likeness (QED) is 0.702. The molecule has 0 unspecified atom stereocenters. The number of aryl methyl sites for hydroxylation is 2. The van der Waals surface area contributed by atoms with E-state index in [1.165, 1.54) is 16.7 Å². The van der Waals surface area contributed by atoms with Crippen LogP contribution in [-0.2, 0) is 22.4 Å². The predicted octanol–water partition coefficient (Wildman–Crippen LogP) is 3.18. The fraction of sp³-hybridized carbons (Fsp3) is 0.542. The SMILES string of the molecule is COCC(=O)N1CCN(c2nc(CC(C)C)nc(C)c2Cc2cccc(C)c2)CC1. The molecule has 0 aliphatic carbocycles. The molecule has 6 heteroatoms. The summed E-state index contributed by atoms with van der Waals surface area (Å²) in [6.45, 7) is 11.7. The van der Waals surface area contributed by atoms with Gasteiger partial charge in [-0.05, 0) is 25.3 Å². The van der Waals surface area contributed by atoms with Gasteiger partial charge in [0.2, 0.25) is 5.91 Å². The first-order valence-corrected chi connectivity index (χ1v) is 10.8. The molecule has 1 aromatic heterocycles. The van der Waals surface area contributed by atoms with E-state index < -0.39 is 0 Å². The fourth-order valence-corrected chi connectivity index (χ4v) is 3.97. The van der Waals surface area contributed by atoms with Crippen LogP contribution in [0.4, 0.5) is 5.82 Å². The minimum absolute atomic E-state index is 0.0523. The van der Waals surface area contributed by atoms with E-state index in [4.69, 9.17) is 14.7 Å². The van der Waals surface area contributed by atoms with Crippen molar-refractivity contribution in [2.75, 3.05) is 44.8 Å². The fourth-order valence-electron chi connectivity index (χ4n) is 3.97. The summed E-state index contributed by atoms with van der Waals surface area (Å²) in [6.07, 6.45) is 1.68. The van der Waals surface area contributed by atoms with Crippen LogP contribution in [0, 0.1) is 19.8 Å². The number of carbonyl (C=O) groups is 1. The molecular weight excluding hydrogens is 376 g/mol. The summed E-state index contributed by atoms with van der Waals surface area (Å²) in [6, 6.07) is 8.62. The predicted molar refractivity (Wildman–Crippen MR) is 120 cm³/mol. The van der Waals surface area contributed by atoms with Gasteiger partial charge in [-0.15, -0.1) is 0 Å². The Hall–Kier alpha value is -2.47. The van der Waals surface area contributed by atoms with Gasteiger partial charge in [0.1, 0.15) is 18.2 Å². The van der Waals surface area contributed by atoms with Gasteiger partial charge in [-0.3, -0.25) is 4.79 Å². The number of piperazine rings is 1. The number of aromatic nitrogens is 2. The van der Waals surface area contributed by atoms with Crippen molar-refractivity contribution in [3.63, 3.8) is 0 Å². The summed E-state index contributed by atoms with van der Waals surface area (Å²) >= 11 is 0. The highest BCUT2D eigenvalue weighted by Crippen LogP contribution is 2.26. The van der Waals surface area contributed by atoms with Gasteiger partial charge >= 0.3 is 0 Å². The van der Waals surface area contributed by atoms with Crippen molar-refractivity contribution in [3.8, 4) is 0 Å². The number of hydrogen-bond acceptors (Lipinski definition) is 5. The average molecular weight is 411 g/mol. The summed E-state index contributed by atoms with van der Waals surface area (Å²) in [4.78, 5) is 26.2. The van der Waals surface area contributed by atoms with Crippen LogP contribution in [0.3, 0.4) is 0 Å². The zero-order valence-corrected chi connectivity index (χ0v) is 18.9. The highest BCUT2D eigenvalue weighted by molar-refractivity contribution is 5.77. The maximum Gasteiger partial charge on any atom is 0.248 e. The molecule has 1 amide bonds. The Morgan fingerprint density at radius 1 is 1.13 bits per heavy atom. The minimum atomic E-state index is 0.0523. The van der Waals surface area contributed by atoms with E-state index in [2.05, 4.69) is 56.9 Å². The summed E-state index contributed by atoms with van der Waals surface area (Å²) in [5, 5.41) is 0. The number of anilines is 1. The van der Waals surface area contributed by atoms with Crippen molar-refractivity contribution in [2.45, 2.75) is 40.5 Å². The van der Waals surface area contributed by atoms with Crippen molar-refractivity contribution in [1.82, 2.24) is 14.9 Å². The second kappa shape index (κ2) is 10.0. The van der Waals surface area contributed by atoms with Gasteiger partial charge in [-0.1, -0.05) is 43.7 Å². The third kappa shape index (κ3) is 5.57. The van der Waals surface area contributed by atoms with Crippen LogP contribution in [0.1, 0.15) is 42.1 Å². The largest absolute Gasteiger partial charge is 0.375 e. The maximum atomic E-state index is 12.2. The molecule has 1 aromatic carbocycles. The van der Waals surface area contributed by atoms with Gasteiger partial charge in [0.25, 0.3) is 0 Å². The molecule has 0 N–H and O–H groups in total. The first-order chi connectivity index (χ1) is 14.4. The van der Waals surface area contributed by atoms with Gasteiger partial charge in [-0.25, -0.2) is 9.97 Å². The standard InChI is InChI=1S/C24H34N4O2/c1-17(2)13-22-25-19(4)21(15-20-8-6-7-18(3)14-20)24(26-22)28-11-9-27(10-12-28)23(29)16-30-5/h6-8,14,17H,9-13,15-16H2,1-5H3. The molecule has 1 aliphatic rings. The van der Waals surface area contributed by atoms with Crippen molar-refractivity contribution < 1.29 is 9.53 Å². The number of benzene rings is 1. The molecule has 6 nitrogen and oxygen atoms in total. The highest BCUT2D eigenvalue weighted by Gasteiger charge is 2.25. The Kier molecular flexibility index (Phi) is 7.43. The van der Waals surface area contributed by atoms with Crippen molar-refractivity contribution in [3.05, 3.63) is 52.5 Å². The lowest BCUT2D eigenvalue weighted by Gasteiger charge is -2.36. The Morgan fingerprint density at radius 3 is 2.50 bits per heavy atom. The van der Waals surface area contributed by atoms with Gasteiger partial charge in [0.05, 0.1) is 0 Å². The van der Waals surface area contributed by atoms with Crippen molar-refractivity contribution >= 4 is 11.7 Å². The van der Waals surface area contributed by atoms with Gasteiger partial charge in [0.15, 0.2) is 0 Å². The van der Waals surface area contributed by atoms with Gasteiger partial charge < -0.3 is 14.5 Å². The van der Waals surface area contributed by atoms with Crippen LogP contribution in [0.5, 0.6) is 0 Å². The molecule has 0 saturated carbocycles. The third-order valence-corrected chi connectivity index (χ3v) is 5.49. The first kappa shape index (κ1) is 22.2. The molecule has 0 atom stereocenters. The number of amides is 1. The molecule has 1 fully saturated rings. The number of methoxy groups -OCH3 is 1. The lowest BCUT2D eigenvalue weighted by Crippen LogP contribution is -2.50. The molecule has 30 heavy (non-hydrogen) atoms. The smallest absolute Gasteiger partial charge is 0.248 e. The molecule has 0 spiro atoms. The van der Waals surface area contributed by atoms with E-state index in [1.54, 1.807) is 7.11 Å². The molecule has 162 valence electrons. The molecule has 1 saturated heterocycles. The molecule has 3 rings (SSSR count). The molecule has 2 heterocycles. The number of ether oxygens (including phenoxy) is 1. The van der Waals surface area contributed by atoms with Crippen molar-refractivity contribution in [2.24, 2.45) is 5.92 Å². The third-order valence-electron chi connectivity index (χ3n) is 5.49. The Labute approximate surface area is 180 Å². The van der Waals surface area contributed by atoms with E-state index in [0.29, 0.717) is 19.0 Å². The normalized spacial score (nSPS) is 14.5. The zero-order chi connectivity index (χ0) is 21.7. The van der Waals surface area contributed by atoms with E-state index in [-0.39, 0.29) is 12.5 Å². The van der Waals surface area contributed by atoms with Crippen LogP contribution in [0.25, 0.3) is 0 Å². The monoisotopic (exact) mass is 410 g/mol. The highest BCUT2D eigenvalue weighted by atomic mass is 16.5. The Balaban J connectivity index is 1.88. The van der Waals surface area contributed by atoms with Crippen LogP contribution >= 0.6 is 0 Å². The lowest BCUT2D eigenvalue weighted by molar-refractivity contribution is -0.135.